The van der Waals surface area contributed by atoms with Crippen LogP contribution in [0.15, 0.2) is 22.0 Å². The van der Waals surface area contributed by atoms with Gasteiger partial charge in [-0.1, -0.05) is 25.4 Å². The second-order valence-electron chi connectivity index (χ2n) is 3.10. The Morgan fingerprint density at radius 1 is 1.38 bits per heavy atom. The lowest BCUT2D eigenvalue weighted by atomic mass is 10.5. The molecule has 0 aliphatic rings. The Kier molecular flexibility index (Phi) is 4.12. The van der Waals surface area contributed by atoms with E-state index < -0.39 is 15.6 Å². The van der Waals surface area contributed by atoms with E-state index in [4.69, 9.17) is 11.6 Å². The highest BCUT2D eigenvalue weighted by Gasteiger charge is 2.22. The second kappa shape index (κ2) is 4.99. The van der Waals surface area contributed by atoms with Crippen molar-refractivity contribution in [2.45, 2.75) is 18.7 Å². The van der Waals surface area contributed by atoms with Crippen molar-refractivity contribution in [3.05, 3.63) is 27.6 Å². The predicted molar refractivity (Wildman–Crippen MR) is 62.2 cm³/mol. The van der Waals surface area contributed by atoms with Gasteiger partial charge in [-0.05, 0) is 6.07 Å². The van der Waals surface area contributed by atoms with Crippen LogP contribution in [0.2, 0.25) is 5.02 Å². The van der Waals surface area contributed by atoms with Gasteiger partial charge in [0.15, 0.2) is 0 Å². The zero-order valence-electron chi connectivity index (χ0n) is 9.03. The molecule has 5 nitrogen and oxygen atoms in total. The van der Waals surface area contributed by atoms with Gasteiger partial charge in [-0.2, -0.15) is 4.31 Å². The van der Waals surface area contributed by atoms with Crippen LogP contribution in [0.3, 0.4) is 0 Å². The summed E-state index contributed by atoms with van der Waals surface area (Å²) in [6, 6.07) is 1.16. The summed E-state index contributed by atoms with van der Waals surface area (Å²) >= 11 is 5.58. The molecule has 0 bridgehead atoms. The molecule has 0 radical (unpaired) electrons. The van der Waals surface area contributed by atoms with Crippen molar-refractivity contribution in [3.63, 3.8) is 0 Å². The Morgan fingerprint density at radius 3 is 2.38 bits per heavy atom. The molecular formula is C9H13ClN2O3S. The van der Waals surface area contributed by atoms with Gasteiger partial charge in [0, 0.05) is 19.3 Å². The van der Waals surface area contributed by atoms with Gasteiger partial charge < -0.3 is 4.98 Å². The minimum Gasteiger partial charge on any atom is -0.326 e. The largest absolute Gasteiger partial charge is 0.326 e. The van der Waals surface area contributed by atoms with Gasteiger partial charge in [0.25, 0.3) is 5.56 Å². The smallest absolute Gasteiger partial charge is 0.266 e. The van der Waals surface area contributed by atoms with Gasteiger partial charge in [0.1, 0.15) is 5.02 Å². The van der Waals surface area contributed by atoms with E-state index in [1.54, 1.807) is 13.8 Å². The van der Waals surface area contributed by atoms with E-state index in [1.807, 2.05) is 0 Å². The summed E-state index contributed by atoms with van der Waals surface area (Å²) in [7, 11) is -3.56. The highest BCUT2D eigenvalue weighted by atomic mass is 35.5. The van der Waals surface area contributed by atoms with Crippen molar-refractivity contribution >= 4 is 21.6 Å². The van der Waals surface area contributed by atoms with E-state index >= 15 is 0 Å². The van der Waals surface area contributed by atoms with Crippen LogP contribution >= 0.6 is 11.6 Å². The van der Waals surface area contributed by atoms with Crippen LogP contribution in [0.4, 0.5) is 0 Å². The monoisotopic (exact) mass is 264 g/mol. The van der Waals surface area contributed by atoms with Crippen LogP contribution < -0.4 is 5.56 Å². The fraction of sp³-hybridized carbons (Fsp3) is 0.444. The van der Waals surface area contributed by atoms with Crippen molar-refractivity contribution in [1.82, 2.24) is 9.29 Å². The molecule has 90 valence electrons. The number of nitrogens with zero attached hydrogens (tertiary/aromatic N) is 1. The lowest BCUT2D eigenvalue weighted by molar-refractivity contribution is 0.445. The maximum atomic E-state index is 12.0. The summed E-state index contributed by atoms with van der Waals surface area (Å²) in [4.78, 5) is 13.3. The van der Waals surface area contributed by atoms with Crippen LogP contribution in [-0.2, 0) is 10.0 Å². The van der Waals surface area contributed by atoms with Crippen molar-refractivity contribution in [1.29, 1.82) is 0 Å². The molecule has 1 aromatic rings. The summed E-state index contributed by atoms with van der Waals surface area (Å²) in [5, 5.41) is -0.131. The van der Waals surface area contributed by atoms with E-state index in [0.29, 0.717) is 13.1 Å². The number of H-pyrrole nitrogens is 1. The summed E-state index contributed by atoms with van der Waals surface area (Å²) < 4.78 is 25.3. The number of aromatic amines is 1. The molecule has 1 N–H and O–H groups in total. The molecule has 0 unspecified atom stereocenters. The first-order valence-electron chi connectivity index (χ1n) is 4.81. The minimum absolute atomic E-state index is 0.000741. The molecule has 0 fully saturated rings. The topological polar surface area (TPSA) is 70.2 Å². The normalized spacial score (nSPS) is 12.0. The number of halogens is 1. The number of aromatic nitrogens is 1. The molecule has 0 aliphatic carbocycles. The van der Waals surface area contributed by atoms with Gasteiger partial charge in [-0.3, -0.25) is 4.79 Å². The minimum atomic E-state index is -3.56. The van der Waals surface area contributed by atoms with Crippen molar-refractivity contribution < 1.29 is 8.42 Å². The molecule has 0 spiro atoms. The predicted octanol–water partition coefficient (Wildman–Crippen LogP) is 1.06. The van der Waals surface area contributed by atoms with E-state index in [9.17, 15) is 13.2 Å². The number of rotatable bonds is 4. The first-order chi connectivity index (χ1) is 7.43. The molecule has 0 amide bonds. The third-order valence-electron chi connectivity index (χ3n) is 2.17. The highest BCUT2D eigenvalue weighted by Crippen LogP contribution is 2.15. The zero-order chi connectivity index (χ0) is 12.3. The standard InChI is InChI=1S/C9H13ClN2O3S/c1-3-12(4-2)16(14,15)7-5-8(10)9(13)11-6-7/h5-6H,3-4H2,1-2H3,(H,11,13). The molecule has 1 rings (SSSR count). The van der Waals surface area contributed by atoms with Crippen LogP contribution in [0.25, 0.3) is 0 Å². The number of hydrogen-bond donors (Lipinski definition) is 1. The molecule has 0 aromatic carbocycles. The second-order valence-corrected chi connectivity index (χ2v) is 5.45. The number of pyridine rings is 1. The Hall–Kier alpha value is -0.850. The average molecular weight is 265 g/mol. The van der Waals surface area contributed by atoms with Crippen molar-refractivity contribution in [2.24, 2.45) is 0 Å². The van der Waals surface area contributed by atoms with Crippen LogP contribution in [0.5, 0.6) is 0 Å². The molecule has 1 heterocycles. The first-order valence-corrected chi connectivity index (χ1v) is 6.63. The summed E-state index contributed by atoms with van der Waals surface area (Å²) in [5.41, 5.74) is -0.500. The lowest BCUT2D eigenvalue weighted by Crippen LogP contribution is -2.31. The van der Waals surface area contributed by atoms with E-state index in [1.165, 1.54) is 4.31 Å². The molecule has 1 aromatic heterocycles. The van der Waals surface area contributed by atoms with Crippen molar-refractivity contribution in [3.8, 4) is 0 Å². The van der Waals surface area contributed by atoms with E-state index in [0.717, 1.165) is 12.3 Å². The Bertz CT molecular complexity index is 520. The Morgan fingerprint density at radius 2 is 1.94 bits per heavy atom. The van der Waals surface area contributed by atoms with Crippen molar-refractivity contribution in [2.75, 3.05) is 13.1 Å². The molecule has 0 saturated heterocycles. The number of hydrogen-bond acceptors (Lipinski definition) is 3. The summed E-state index contributed by atoms with van der Waals surface area (Å²) in [6.45, 7) is 4.23. The maximum absolute atomic E-state index is 12.0. The van der Waals surface area contributed by atoms with Crippen LogP contribution in [0.1, 0.15) is 13.8 Å². The molecule has 0 aliphatic heterocycles. The molecular weight excluding hydrogens is 252 g/mol. The average Bonchev–Trinajstić information content (AvgIpc) is 2.23. The summed E-state index contributed by atoms with van der Waals surface area (Å²) in [6.07, 6.45) is 1.15. The quantitative estimate of drug-likeness (QED) is 0.884. The van der Waals surface area contributed by atoms with Gasteiger partial charge in [0.2, 0.25) is 10.0 Å². The maximum Gasteiger partial charge on any atom is 0.266 e. The Balaban J connectivity index is 3.27. The van der Waals surface area contributed by atoms with Gasteiger partial charge in [-0.15, -0.1) is 0 Å². The SMILES string of the molecule is CCN(CC)S(=O)(=O)c1c[nH]c(=O)c(Cl)c1. The zero-order valence-corrected chi connectivity index (χ0v) is 10.6. The third-order valence-corrected chi connectivity index (χ3v) is 4.48. The summed E-state index contributed by atoms with van der Waals surface area (Å²) in [5.74, 6) is 0. The molecule has 16 heavy (non-hydrogen) atoms. The molecule has 7 heteroatoms. The van der Waals surface area contributed by atoms with Gasteiger partial charge in [-0.25, -0.2) is 8.42 Å². The molecule has 0 atom stereocenters. The van der Waals surface area contributed by atoms with Crippen LogP contribution in [-0.4, -0.2) is 30.8 Å². The van der Waals surface area contributed by atoms with E-state index in [-0.39, 0.29) is 9.92 Å². The highest BCUT2D eigenvalue weighted by molar-refractivity contribution is 7.89. The van der Waals surface area contributed by atoms with Gasteiger partial charge in [0.05, 0.1) is 4.90 Å². The number of nitrogens with one attached hydrogen (secondary N) is 1. The first kappa shape index (κ1) is 13.2. The van der Waals surface area contributed by atoms with Crippen LogP contribution in [0, 0.1) is 0 Å². The van der Waals surface area contributed by atoms with E-state index in [2.05, 4.69) is 4.98 Å². The van der Waals surface area contributed by atoms with Gasteiger partial charge >= 0.3 is 0 Å². The third kappa shape index (κ3) is 2.45. The lowest BCUT2D eigenvalue weighted by Gasteiger charge is -2.18. The fourth-order valence-electron chi connectivity index (χ4n) is 1.30. The molecule has 0 saturated carbocycles. The fourth-order valence-corrected chi connectivity index (χ4v) is 2.99. The Labute approximate surface area is 99.1 Å². The number of sulfonamides is 1.